The second-order valence-electron chi connectivity index (χ2n) is 10.1. The number of nitrogens with one attached hydrogen (secondary N) is 3. The van der Waals surface area contributed by atoms with Gasteiger partial charge in [0.2, 0.25) is 5.95 Å². The molecule has 3 aromatic rings. The Bertz CT molecular complexity index is 1330. The molecule has 5 rings (SSSR count). The molecule has 2 aliphatic heterocycles. The molecule has 0 saturated carbocycles. The van der Waals surface area contributed by atoms with Gasteiger partial charge in [0.05, 0.1) is 24.9 Å². The standard InChI is InChI=1S/C28H33N7O3/c1-4-11-29-26(36)22-14-30-27(34-25(22)33-24-7-5-6-23(32-24)28(2,3)37)31-20-9-8-18-10-12-35(15-19(18)13-20)21-16-38-17-21/h4-9,13-14,21,37H,1,10-12,15-17H2,2-3H3,(H,29,36)(H2,30,31,32,33,34). The summed E-state index contributed by atoms with van der Waals surface area (Å²) in [5.41, 5.74) is 3.13. The predicted octanol–water partition coefficient (Wildman–Crippen LogP) is 3.26. The molecule has 0 atom stereocenters. The number of carbonyl (C=O) groups excluding carboxylic acids is 1. The van der Waals surface area contributed by atoms with Crippen LogP contribution in [0.15, 0.2) is 55.3 Å². The van der Waals surface area contributed by atoms with Crippen LogP contribution in [0.5, 0.6) is 0 Å². The Balaban J connectivity index is 1.40. The summed E-state index contributed by atoms with van der Waals surface area (Å²) in [6.07, 6.45) is 4.10. The van der Waals surface area contributed by atoms with E-state index in [1.165, 1.54) is 17.3 Å². The summed E-state index contributed by atoms with van der Waals surface area (Å²) in [5.74, 6) is 0.734. The van der Waals surface area contributed by atoms with Crippen LogP contribution in [0.3, 0.4) is 0 Å². The van der Waals surface area contributed by atoms with Crippen LogP contribution in [0.4, 0.5) is 23.3 Å². The van der Waals surface area contributed by atoms with Gasteiger partial charge in [-0.1, -0.05) is 18.2 Å². The average Bonchev–Trinajstić information content (AvgIpc) is 2.86. The lowest BCUT2D eigenvalue weighted by molar-refractivity contribution is -0.0694. The highest BCUT2D eigenvalue weighted by molar-refractivity contribution is 5.99. The third kappa shape index (κ3) is 5.83. The molecule has 0 spiro atoms. The Kier molecular flexibility index (Phi) is 7.37. The highest BCUT2D eigenvalue weighted by Crippen LogP contribution is 2.28. The molecule has 1 aromatic carbocycles. The molecule has 0 radical (unpaired) electrons. The monoisotopic (exact) mass is 515 g/mol. The van der Waals surface area contributed by atoms with E-state index in [1.54, 1.807) is 38.1 Å². The van der Waals surface area contributed by atoms with Gasteiger partial charge >= 0.3 is 0 Å². The molecule has 10 heteroatoms. The van der Waals surface area contributed by atoms with Crippen LogP contribution in [0, 0.1) is 0 Å². The fraction of sp³-hybridized carbons (Fsp3) is 0.357. The molecule has 10 nitrogen and oxygen atoms in total. The summed E-state index contributed by atoms with van der Waals surface area (Å²) >= 11 is 0. The van der Waals surface area contributed by atoms with Crippen molar-refractivity contribution in [3.63, 3.8) is 0 Å². The Morgan fingerprint density at radius 1 is 1.21 bits per heavy atom. The van der Waals surface area contributed by atoms with Crippen molar-refractivity contribution in [2.75, 3.05) is 36.9 Å². The lowest BCUT2D eigenvalue weighted by Crippen LogP contribution is -2.50. The van der Waals surface area contributed by atoms with Crippen molar-refractivity contribution >= 4 is 29.2 Å². The van der Waals surface area contributed by atoms with Crippen molar-refractivity contribution in [2.45, 2.75) is 38.5 Å². The molecular weight excluding hydrogens is 482 g/mol. The zero-order valence-corrected chi connectivity index (χ0v) is 21.7. The second-order valence-corrected chi connectivity index (χ2v) is 10.1. The summed E-state index contributed by atoms with van der Waals surface area (Å²) in [6.45, 7) is 10.8. The maximum absolute atomic E-state index is 12.8. The largest absolute Gasteiger partial charge is 0.384 e. The van der Waals surface area contributed by atoms with Crippen LogP contribution in [0.1, 0.15) is 41.0 Å². The van der Waals surface area contributed by atoms with E-state index in [2.05, 4.69) is 54.5 Å². The van der Waals surface area contributed by atoms with Crippen molar-refractivity contribution in [1.82, 2.24) is 25.2 Å². The van der Waals surface area contributed by atoms with Crippen LogP contribution in [0.25, 0.3) is 0 Å². The molecular formula is C28H33N7O3. The third-order valence-electron chi connectivity index (χ3n) is 6.70. The fourth-order valence-electron chi connectivity index (χ4n) is 4.46. The van der Waals surface area contributed by atoms with Gasteiger partial charge in [0, 0.05) is 31.5 Å². The minimum atomic E-state index is -1.12. The SMILES string of the molecule is C=CCNC(=O)c1cnc(Nc2ccc3c(c2)CN(C2COC2)CC3)nc1Nc1cccc(C(C)(C)O)n1. The molecule has 4 N–H and O–H groups in total. The van der Waals surface area contributed by atoms with Crippen LogP contribution < -0.4 is 16.0 Å². The Morgan fingerprint density at radius 2 is 2.05 bits per heavy atom. The summed E-state index contributed by atoms with van der Waals surface area (Å²) in [5, 5.41) is 19.5. The van der Waals surface area contributed by atoms with Crippen molar-refractivity contribution in [1.29, 1.82) is 0 Å². The Hall–Kier alpha value is -3.86. The van der Waals surface area contributed by atoms with Crippen LogP contribution in [-0.4, -0.2) is 63.2 Å². The highest BCUT2D eigenvalue weighted by Gasteiger charge is 2.29. The number of aromatic nitrogens is 3. The first-order valence-electron chi connectivity index (χ1n) is 12.7. The number of hydrogen-bond acceptors (Lipinski definition) is 9. The van der Waals surface area contributed by atoms with Crippen molar-refractivity contribution in [2.24, 2.45) is 0 Å². The summed E-state index contributed by atoms with van der Waals surface area (Å²) < 4.78 is 5.38. The van der Waals surface area contributed by atoms with Gasteiger partial charge in [-0.2, -0.15) is 4.98 Å². The van der Waals surface area contributed by atoms with Crippen molar-refractivity contribution < 1.29 is 14.6 Å². The Labute approximate surface area is 222 Å². The summed E-state index contributed by atoms with van der Waals surface area (Å²) in [4.78, 5) is 28.8. The molecule has 38 heavy (non-hydrogen) atoms. The first-order valence-corrected chi connectivity index (χ1v) is 12.7. The van der Waals surface area contributed by atoms with E-state index in [4.69, 9.17) is 4.74 Å². The molecule has 1 amide bonds. The van der Waals surface area contributed by atoms with Crippen LogP contribution >= 0.6 is 0 Å². The number of benzene rings is 1. The van der Waals surface area contributed by atoms with Crippen molar-refractivity contribution in [3.05, 3.63) is 77.6 Å². The van der Waals surface area contributed by atoms with Gasteiger partial charge in [-0.3, -0.25) is 9.69 Å². The molecule has 4 heterocycles. The number of rotatable bonds is 9. The molecule has 2 aromatic heterocycles. The smallest absolute Gasteiger partial charge is 0.256 e. The quantitative estimate of drug-likeness (QED) is 0.318. The minimum absolute atomic E-state index is 0.261. The van der Waals surface area contributed by atoms with Gasteiger partial charge in [0.1, 0.15) is 22.8 Å². The maximum atomic E-state index is 12.8. The number of amides is 1. The Morgan fingerprint density at radius 3 is 2.79 bits per heavy atom. The number of pyridine rings is 1. The van der Waals surface area contributed by atoms with E-state index in [9.17, 15) is 9.90 Å². The first-order chi connectivity index (χ1) is 18.3. The molecule has 1 fully saturated rings. The molecule has 1 saturated heterocycles. The predicted molar refractivity (Wildman–Crippen MR) is 146 cm³/mol. The van der Waals surface area contributed by atoms with E-state index in [-0.39, 0.29) is 11.5 Å². The number of fused-ring (bicyclic) bond motifs is 1. The molecule has 0 bridgehead atoms. The fourth-order valence-corrected chi connectivity index (χ4v) is 4.46. The van der Waals surface area contributed by atoms with Gasteiger partial charge < -0.3 is 25.8 Å². The first kappa shape index (κ1) is 25.8. The van der Waals surface area contributed by atoms with E-state index in [0.717, 1.165) is 38.4 Å². The summed E-state index contributed by atoms with van der Waals surface area (Å²) in [7, 11) is 0. The number of carbonyl (C=O) groups is 1. The van der Waals surface area contributed by atoms with Crippen LogP contribution in [0.2, 0.25) is 0 Å². The maximum Gasteiger partial charge on any atom is 0.256 e. The number of ether oxygens (including phenoxy) is 1. The van der Waals surface area contributed by atoms with E-state index in [1.807, 2.05) is 6.07 Å². The topological polar surface area (TPSA) is 125 Å². The third-order valence-corrected chi connectivity index (χ3v) is 6.70. The number of aliphatic hydroxyl groups is 1. The zero-order valence-electron chi connectivity index (χ0n) is 21.7. The normalized spacial score (nSPS) is 15.8. The lowest BCUT2D eigenvalue weighted by Gasteiger charge is -2.40. The number of hydrogen-bond donors (Lipinski definition) is 4. The van der Waals surface area contributed by atoms with Gasteiger partial charge in [0.25, 0.3) is 5.91 Å². The van der Waals surface area contributed by atoms with E-state index in [0.29, 0.717) is 35.9 Å². The molecule has 2 aliphatic rings. The number of nitrogens with zero attached hydrogens (tertiary/aromatic N) is 4. The van der Waals surface area contributed by atoms with E-state index >= 15 is 0 Å². The van der Waals surface area contributed by atoms with Gasteiger partial charge in [-0.25, -0.2) is 9.97 Å². The number of anilines is 4. The molecule has 198 valence electrons. The van der Waals surface area contributed by atoms with Gasteiger partial charge in [0.15, 0.2) is 0 Å². The summed E-state index contributed by atoms with van der Waals surface area (Å²) in [6, 6.07) is 12.1. The van der Waals surface area contributed by atoms with Crippen molar-refractivity contribution in [3.8, 4) is 0 Å². The second kappa shape index (κ2) is 10.9. The highest BCUT2D eigenvalue weighted by atomic mass is 16.5. The lowest BCUT2D eigenvalue weighted by atomic mass is 9.97. The molecule has 0 unspecified atom stereocenters. The molecule has 0 aliphatic carbocycles. The van der Waals surface area contributed by atoms with E-state index < -0.39 is 5.60 Å². The van der Waals surface area contributed by atoms with Crippen LogP contribution in [-0.2, 0) is 23.3 Å². The van der Waals surface area contributed by atoms with Gasteiger partial charge in [-0.15, -0.1) is 6.58 Å². The average molecular weight is 516 g/mol. The minimum Gasteiger partial charge on any atom is -0.384 e. The van der Waals surface area contributed by atoms with Gasteiger partial charge in [-0.05, 0) is 55.7 Å². The zero-order chi connectivity index (χ0) is 26.7.